The van der Waals surface area contributed by atoms with E-state index in [1.165, 1.54) is 23.4 Å². The van der Waals surface area contributed by atoms with Gasteiger partial charge < -0.3 is 41.6 Å². The maximum atomic E-state index is 14.2. The number of benzene rings is 1. The molecule has 5 rings (SSSR count). The minimum atomic E-state index is -1.19. The molecular weight excluding hydrogens is 734 g/mol. The molecule has 308 valence electrons. The molecule has 2 aromatic heterocycles. The van der Waals surface area contributed by atoms with Crippen molar-refractivity contribution in [2.75, 3.05) is 13.1 Å². The quantitative estimate of drug-likeness (QED) is 0.159. The Morgan fingerprint density at radius 1 is 0.965 bits per heavy atom. The Morgan fingerprint density at radius 3 is 2.39 bits per heavy atom. The van der Waals surface area contributed by atoms with E-state index in [1.54, 1.807) is 20.0 Å². The number of carbonyl (C=O) groups excluding carboxylic acids is 7. The Morgan fingerprint density at radius 2 is 1.68 bits per heavy atom. The van der Waals surface area contributed by atoms with Gasteiger partial charge in [-0.05, 0) is 70.9 Å². The Labute approximate surface area is 331 Å². The van der Waals surface area contributed by atoms with Gasteiger partial charge in [-0.3, -0.25) is 38.2 Å². The Kier molecular flexibility index (Phi) is 13.9. The van der Waals surface area contributed by atoms with Crippen LogP contribution >= 0.6 is 0 Å². The second-order valence-corrected chi connectivity index (χ2v) is 15.6. The number of ketones is 1. The van der Waals surface area contributed by atoms with E-state index in [-0.39, 0.29) is 57.0 Å². The molecule has 4 heterocycles. The lowest BCUT2D eigenvalue weighted by molar-refractivity contribution is -0.142. The summed E-state index contributed by atoms with van der Waals surface area (Å²) in [4.78, 5) is 99.3. The second kappa shape index (κ2) is 18.6. The molecule has 0 unspecified atom stereocenters. The number of aromatic nitrogens is 3. The SMILES string of the molecule is CC(=O)c1c(C)nn(CC(=O)N[C@H]2CCCCNC(=O)[C@@H]3C[C@@H](O)CN3C(=O)[C@@H](CC(C)C)NC(=O)[C@H](Cc3c[nH]c4ccccc34)NC(=O)[C@@H](C)NC2=O)c1C. The van der Waals surface area contributed by atoms with Crippen molar-refractivity contribution in [1.29, 1.82) is 0 Å². The van der Waals surface area contributed by atoms with Gasteiger partial charge in [0, 0.05) is 48.7 Å². The Balaban J connectivity index is 1.42. The number of aryl methyl sites for hydroxylation is 1. The third-order valence-corrected chi connectivity index (χ3v) is 10.6. The van der Waals surface area contributed by atoms with Crippen LogP contribution in [0.2, 0.25) is 0 Å². The number of rotatable bonds is 8. The maximum absolute atomic E-state index is 14.2. The first-order chi connectivity index (χ1) is 27.0. The molecule has 0 saturated carbocycles. The molecule has 0 bridgehead atoms. The predicted octanol–water partition coefficient (Wildman–Crippen LogP) is 0.694. The van der Waals surface area contributed by atoms with Crippen LogP contribution in [0.1, 0.15) is 87.1 Å². The van der Waals surface area contributed by atoms with Gasteiger partial charge in [-0.1, -0.05) is 32.0 Å². The fourth-order valence-corrected chi connectivity index (χ4v) is 7.69. The van der Waals surface area contributed by atoms with Crippen LogP contribution in [0.4, 0.5) is 0 Å². The van der Waals surface area contributed by atoms with Crippen LogP contribution in [0, 0.1) is 19.8 Å². The predicted molar refractivity (Wildman–Crippen MR) is 210 cm³/mol. The van der Waals surface area contributed by atoms with Crippen LogP contribution in [0.5, 0.6) is 0 Å². The van der Waals surface area contributed by atoms with Gasteiger partial charge >= 0.3 is 0 Å². The zero-order chi connectivity index (χ0) is 41.6. The lowest BCUT2D eigenvalue weighted by atomic mass is 10.00. The van der Waals surface area contributed by atoms with E-state index >= 15 is 0 Å². The number of hydrogen-bond donors (Lipinski definition) is 7. The van der Waals surface area contributed by atoms with Crippen molar-refractivity contribution in [3.63, 3.8) is 0 Å². The largest absolute Gasteiger partial charge is 0.391 e. The van der Waals surface area contributed by atoms with Gasteiger partial charge in [0.15, 0.2) is 5.78 Å². The fourth-order valence-electron chi connectivity index (χ4n) is 7.69. The molecule has 17 nitrogen and oxygen atoms in total. The van der Waals surface area contributed by atoms with Crippen molar-refractivity contribution >= 4 is 52.1 Å². The first-order valence-electron chi connectivity index (χ1n) is 19.6. The van der Waals surface area contributed by atoms with E-state index in [0.29, 0.717) is 29.8 Å². The van der Waals surface area contributed by atoms with E-state index < -0.39 is 71.8 Å². The Bertz CT molecular complexity index is 2000. The first-order valence-corrected chi connectivity index (χ1v) is 19.6. The highest BCUT2D eigenvalue weighted by molar-refractivity contribution is 5.98. The molecule has 6 atom stereocenters. The number of nitrogens with one attached hydrogen (secondary N) is 6. The lowest BCUT2D eigenvalue weighted by Crippen LogP contribution is -2.59. The van der Waals surface area contributed by atoms with Gasteiger partial charge in [-0.15, -0.1) is 0 Å². The van der Waals surface area contributed by atoms with Crippen molar-refractivity contribution in [2.45, 2.75) is 123 Å². The smallest absolute Gasteiger partial charge is 0.245 e. The zero-order valence-electron chi connectivity index (χ0n) is 33.4. The van der Waals surface area contributed by atoms with Gasteiger partial charge in [-0.25, -0.2) is 0 Å². The number of Topliss-reactive ketones (excluding diaryl/α,β-unsaturated/α-hetero) is 1. The van der Waals surface area contributed by atoms with Gasteiger partial charge in [0.2, 0.25) is 35.4 Å². The number of carbonyl (C=O) groups is 7. The lowest BCUT2D eigenvalue weighted by Gasteiger charge is -2.30. The average molecular weight is 790 g/mol. The number of fused-ring (bicyclic) bond motifs is 2. The summed E-state index contributed by atoms with van der Waals surface area (Å²) < 4.78 is 1.40. The summed E-state index contributed by atoms with van der Waals surface area (Å²) in [7, 11) is 0. The minimum absolute atomic E-state index is 0.0223. The number of aromatic amines is 1. The number of H-pyrrole nitrogens is 1. The average Bonchev–Trinajstić information content (AvgIpc) is 3.83. The van der Waals surface area contributed by atoms with Crippen LogP contribution in [0.25, 0.3) is 10.9 Å². The highest BCUT2D eigenvalue weighted by Crippen LogP contribution is 2.23. The zero-order valence-corrected chi connectivity index (χ0v) is 33.4. The molecule has 2 saturated heterocycles. The van der Waals surface area contributed by atoms with E-state index in [2.05, 4.69) is 36.7 Å². The van der Waals surface area contributed by atoms with Gasteiger partial charge in [0.1, 0.15) is 36.8 Å². The molecule has 6 amide bonds. The number of amides is 6. The van der Waals surface area contributed by atoms with Crippen molar-refractivity contribution in [1.82, 2.24) is 46.2 Å². The summed E-state index contributed by atoms with van der Waals surface area (Å²) in [5.41, 5.74) is 2.96. The van der Waals surface area contributed by atoms with Crippen molar-refractivity contribution < 1.29 is 38.7 Å². The van der Waals surface area contributed by atoms with Crippen LogP contribution in [-0.4, -0.2) is 115 Å². The van der Waals surface area contributed by atoms with Crippen LogP contribution in [-0.2, 0) is 41.7 Å². The molecule has 7 N–H and O–H groups in total. The first kappa shape index (κ1) is 42.6. The molecule has 0 aliphatic carbocycles. The summed E-state index contributed by atoms with van der Waals surface area (Å²) in [6.45, 7) is 9.87. The molecule has 2 aliphatic heterocycles. The number of aliphatic hydroxyl groups excluding tert-OH is 1. The van der Waals surface area contributed by atoms with E-state index in [4.69, 9.17) is 0 Å². The summed E-state index contributed by atoms with van der Waals surface area (Å²) in [5.74, 6) is -3.70. The van der Waals surface area contributed by atoms with Gasteiger partial charge in [0.25, 0.3) is 0 Å². The van der Waals surface area contributed by atoms with E-state index in [9.17, 15) is 38.7 Å². The van der Waals surface area contributed by atoms with Crippen molar-refractivity contribution in [3.05, 3.63) is 53.0 Å². The molecule has 17 heteroatoms. The topological polar surface area (TPSA) is 237 Å². The van der Waals surface area contributed by atoms with Crippen LogP contribution < -0.4 is 26.6 Å². The van der Waals surface area contributed by atoms with Gasteiger partial charge in [0.05, 0.1) is 17.4 Å². The molecule has 0 radical (unpaired) electrons. The monoisotopic (exact) mass is 789 g/mol. The van der Waals surface area contributed by atoms with Crippen LogP contribution in [0.15, 0.2) is 30.5 Å². The minimum Gasteiger partial charge on any atom is -0.391 e. The number of para-hydroxylation sites is 1. The highest BCUT2D eigenvalue weighted by Gasteiger charge is 2.42. The molecule has 3 aromatic rings. The molecule has 2 aliphatic rings. The van der Waals surface area contributed by atoms with E-state index in [1.807, 2.05) is 38.1 Å². The molecule has 0 spiro atoms. The summed E-state index contributed by atoms with van der Waals surface area (Å²) in [6, 6.07) is 2.02. The number of nitrogens with zero attached hydrogens (tertiary/aromatic N) is 3. The van der Waals surface area contributed by atoms with Crippen LogP contribution in [0.3, 0.4) is 0 Å². The highest BCUT2D eigenvalue weighted by atomic mass is 16.3. The molecular formula is C40H55N9O8. The van der Waals surface area contributed by atoms with Crippen molar-refractivity contribution in [3.8, 4) is 0 Å². The normalized spacial score (nSPS) is 24.5. The summed E-state index contributed by atoms with van der Waals surface area (Å²) in [6.07, 6.45) is 2.03. The fraction of sp³-hybridized carbons (Fsp3) is 0.550. The maximum Gasteiger partial charge on any atom is 0.245 e. The second-order valence-electron chi connectivity index (χ2n) is 15.6. The van der Waals surface area contributed by atoms with Crippen molar-refractivity contribution in [2.24, 2.45) is 5.92 Å². The number of hydrogen-bond acceptors (Lipinski definition) is 9. The molecule has 2 fully saturated rings. The third kappa shape index (κ3) is 10.4. The Hall–Kier alpha value is -5.58. The van der Waals surface area contributed by atoms with Gasteiger partial charge in [-0.2, -0.15) is 5.10 Å². The molecule has 1 aromatic carbocycles. The molecule has 57 heavy (non-hydrogen) atoms. The summed E-state index contributed by atoms with van der Waals surface area (Å²) >= 11 is 0. The number of aliphatic hydroxyl groups is 1. The summed E-state index contributed by atoms with van der Waals surface area (Å²) in [5, 5.41) is 29.6. The third-order valence-electron chi connectivity index (χ3n) is 10.6. The van der Waals surface area contributed by atoms with E-state index in [0.717, 1.165) is 16.5 Å². The standard InChI is InChI=1S/C40H55N9O8/c1-21(2)15-32-40(57)48-19-27(51)17-33(48)39(56)41-14-10-9-13-30(44-34(52)20-49-24(5)35(25(6)50)22(3)47-49)37(54)43-23(4)36(53)45-31(38(55)46-32)16-26-18-42-29-12-8-7-11-28(26)29/h7-8,11-12,18,21,23,27,30-33,42,51H,9-10,13-17,19-20H2,1-6H3,(H,41,56)(H,43,54)(H,44,52)(H,45,53)(H,46,55)/t23-,27-,30+,31+,32-,33+/m1/s1.